The third-order valence-corrected chi connectivity index (χ3v) is 4.36. The highest BCUT2D eigenvalue weighted by atomic mass is 16.2. The molecular weight excluding hydrogens is 284 g/mol. The lowest BCUT2D eigenvalue weighted by Crippen LogP contribution is -2.38. The minimum absolute atomic E-state index is 0.0478. The van der Waals surface area contributed by atoms with Crippen LogP contribution in [0.3, 0.4) is 0 Å². The first-order chi connectivity index (χ1) is 10.9. The molecule has 3 heteroatoms. The van der Waals surface area contributed by atoms with E-state index in [4.69, 9.17) is 0 Å². The number of carbonyl (C=O) groups is 1. The molecule has 2 N–H and O–H groups in total. The summed E-state index contributed by atoms with van der Waals surface area (Å²) in [5.41, 5.74) is 8.61. The number of hydrogen-bond acceptors (Lipinski definition) is 2. The first kappa shape index (κ1) is 15.8. The van der Waals surface area contributed by atoms with Crippen LogP contribution in [0.5, 0.6) is 0 Å². The van der Waals surface area contributed by atoms with Gasteiger partial charge < -0.3 is 0 Å². The van der Waals surface area contributed by atoms with Crippen LogP contribution in [0.1, 0.15) is 38.8 Å². The number of fused-ring (bicyclic) bond motifs is 1. The lowest BCUT2D eigenvalue weighted by Gasteiger charge is -2.18. The summed E-state index contributed by atoms with van der Waals surface area (Å²) in [7, 11) is 0. The van der Waals surface area contributed by atoms with Crippen LogP contribution in [-0.4, -0.2) is 11.4 Å². The average Bonchev–Trinajstić information content (AvgIpc) is 2.74. The summed E-state index contributed by atoms with van der Waals surface area (Å²) in [6.45, 7) is 8.49. The maximum absolute atomic E-state index is 12.2. The standard InChI is InChI=1S/C20H24N2O/c1-13(2)11-15-9-5-7-14-8-6-10-16(18(14)15)12-17-19(23)21-22-20(17,3)4/h5-10,12-13,22H,11H2,1-4H3,(H,21,23)/b17-12+. The van der Waals surface area contributed by atoms with E-state index in [2.05, 4.69) is 61.1 Å². The lowest BCUT2D eigenvalue weighted by molar-refractivity contribution is -0.116. The van der Waals surface area contributed by atoms with E-state index < -0.39 is 0 Å². The summed E-state index contributed by atoms with van der Waals surface area (Å²) < 4.78 is 0. The molecule has 120 valence electrons. The molecule has 0 unspecified atom stereocenters. The Morgan fingerprint density at radius 2 is 1.83 bits per heavy atom. The van der Waals surface area contributed by atoms with E-state index in [9.17, 15) is 4.79 Å². The first-order valence-electron chi connectivity index (χ1n) is 8.19. The predicted molar refractivity (Wildman–Crippen MR) is 95.8 cm³/mol. The Balaban J connectivity index is 2.20. The van der Waals surface area contributed by atoms with Crippen molar-refractivity contribution in [3.8, 4) is 0 Å². The van der Waals surface area contributed by atoms with Gasteiger partial charge >= 0.3 is 0 Å². The normalized spacial score (nSPS) is 18.8. The van der Waals surface area contributed by atoms with Crippen LogP contribution >= 0.6 is 0 Å². The maximum Gasteiger partial charge on any atom is 0.263 e. The Labute approximate surface area is 137 Å². The summed E-state index contributed by atoms with van der Waals surface area (Å²) >= 11 is 0. The molecule has 1 aliphatic heterocycles. The van der Waals surface area contributed by atoms with Crippen LogP contribution in [0, 0.1) is 5.92 Å². The van der Waals surface area contributed by atoms with Crippen molar-refractivity contribution in [2.75, 3.05) is 0 Å². The molecule has 3 nitrogen and oxygen atoms in total. The van der Waals surface area contributed by atoms with Gasteiger partial charge in [-0.2, -0.15) is 0 Å². The molecule has 23 heavy (non-hydrogen) atoms. The van der Waals surface area contributed by atoms with Gasteiger partial charge in [0.2, 0.25) is 0 Å². The van der Waals surface area contributed by atoms with Crippen molar-refractivity contribution in [2.24, 2.45) is 5.92 Å². The van der Waals surface area contributed by atoms with Crippen LogP contribution in [0.2, 0.25) is 0 Å². The van der Waals surface area contributed by atoms with Crippen molar-refractivity contribution < 1.29 is 4.79 Å². The molecule has 1 saturated heterocycles. The molecule has 0 aromatic heterocycles. The summed E-state index contributed by atoms with van der Waals surface area (Å²) in [6.07, 6.45) is 3.06. The Kier molecular flexibility index (Phi) is 3.99. The van der Waals surface area contributed by atoms with Crippen molar-refractivity contribution in [3.63, 3.8) is 0 Å². The largest absolute Gasteiger partial charge is 0.287 e. The van der Waals surface area contributed by atoms with E-state index in [1.807, 2.05) is 19.9 Å². The highest BCUT2D eigenvalue weighted by molar-refractivity contribution is 6.04. The molecule has 2 aromatic rings. The molecule has 3 rings (SSSR count). The van der Waals surface area contributed by atoms with Gasteiger partial charge in [0.1, 0.15) is 0 Å². The highest BCUT2D eigenvalue weighted by Gasteiger charge is 2.35. The predicted octanol–water partition coefficient (Wildman–Crippen LogP) is 3.83. The SMILES string of the molecule is CC(C)Cc1cccc2cccc(/C=C3\C(=O)NNC3(C)C)c12. The first-order valence-corrected chi connectivity index (χ1v) is 8.19. The van der Waals surface area contributed by atoms with Crippen molar-refractivity contribution in [2.45, 2.75) is 39.7 Å². The number of nitrogens with one attached hydrogen (secondary N) is 2. The molecule has 0 spiro atoms. The monoisotopic (exact) mass is 308 g/mol. The second kappa shape index (κ2) is 5.82. The molecule has 2 aromatic carbocycles. The van der Waals surface area contributed by atoms with Gasteiger partial charge in [-0.1, -0.05) is 50.2 Å². The number of hydrogen-bond donors (Lipinski definition) is 2. The topological polar surface area (TPSA) is 41.1 Å². The van der Waals surface area contributed by atoms with Crippen molar-refractivity contribution >= 4 is 22.8 Å². The molecule has 1 heterocycles. The second-order valence-corrected chi connectivity index (χ2v) is 7.22. The van der Waals surface area contributed by atoms with E-state index in [0.717, 1.165) is 17.6 Å². The minimum Gasteiger partial charge on any atom is -0.287 e. The van der Waals surface area contributed by atoms with Gasteiger partial charge in [0.25, 0.3) is 5.91 Å². The van der Waals surface area contributed by atoms with E-state index in [-0.39, 0.29) is 11.4 Å². The van der Waals surface area contributed by atoms with E-state index in [1.54, 1.807) is 0 Å². The van der Waals surface area contributed by atoms with Gasteiger partial charge in [-0.05, 0) is 54.2 Å². The summed E-state index contributed by atoms with van der Waals surface area (Å²) in [5.74, 6) is 0.544. The Bertz CT molecular complexity index is 782. The molecule has 0 bridgehead atoms. The summed E-state index contributed by atoms with van der Waals surface area (Å²) in [5, 5.41) is 2.48. The average molecular weight is 308 g/mol. The zero-order valence-electron chi connectivity index (χ0n) is 14.2. The van der Waals surface area contributed by atoms with E-state index in [1.165, 1.54) is 16.3 Å². The molecule has 0 saturated carbocycles. The zero-order chi connectivity index (χ0) is 16.6. The molecule has 0 radical (unpaired) electrons. The molecular formula is C20H24N2O. The van der Waals surface area contributed by atoms with Gasteiger partial charge in [-0.25, -0.2) is 5.43 Å². The van der Waals surface area contributed by atoms with Crippen LogP contribution in [0.25, 0.3) is 16.8 Å². The van der Waals surface area contributed by atoms with Crippen molar-refractivity contribution in [1.82, 2.24) is 10.9 Å². The lowest BCUT2D eigenvalue weighted by atomic mass is 9.90. The number of hydrazine groups is 1. The third-order valence-electron chi connectivity index (χ3n) is 4.36. The molecule has 1 amide bonds. The van der Waals surface area contributed by atoms with Gasteiger partial charge in [0, 0.05) is 5.57 Å². The fraction of sp³-hybridized carbons (Fsp3) is 0.350. The molecule has 0 atom stereocenters. The summed E-state index contributed by atoms with van der Waals surface area (Å²) in [4.78, 5) is 12.2. The number of carbonyl (C=O) groups excluding carboxylic acids is 1. The van der Waals surface area contributed by atoms with E-state index in [0.29, 0.717) is 5.92 Å². The molecule has 1 fully saturated rings. The van der Waals surface area contributed by atoms with Crippen molar-refractivity contribution in [1.29, 1.82) is 0 Å². The van der Waals surface area contributed by atoms with Crippen LogP contribution in [-0.2, 0) is 11.2 Å². The van der Waals surface area contributed by atoms with Crippen LogP contribution in [0.4, 0.5) is 0 Å². The van der Waals surface area contributed by atoms with Gasteiger partial charge in [-0.15, -0.1) is 0 Å². The van der Waals surface area contributed by atoms with Crippen molar-refractivity contribution in [3.05, 3.63) is 53.1 Å². The summed E-state index contributed by atoms with van der Waals surface area (Å²) in [6, 6.07) is 12.7. The maximum atomic E-state index is 12.2. The minimum atomic E-state index is -0.369. The highest BCUT2D eigenvalue weighted by Crippen LogP contribution is 2.29. The van der Waals surface area contributed by atoms with E-state index >= 15 is 0 Å². The molecule has 1 aliphatic rings. The van der Waals surface area contributed by atoms with Gasteiger partial charge in [-0.3, -0.25) is 10.2 Å². The fourth-order valence-corrected chi connectivity index (χ4v) is 3.21. The van der Waals surface area contributed by atoms with Gasteiger partial charge in [0.15, 0.2) is 0 Å². The second-order valence-electron chi connectivity index (χ2n) is 7.22. The molecule has 0 aliphatic carbocycles. The van der Waals surface area contributed by atoms with Crippen LogP contribution in [0.15, 0.2) is 42.0 Å². The number of benzene rings is 2. The van der Waals surface area contributed by atoms with Crippen LogP contribution < -0.4 is 10.9 Å². The zero-order valence-corrected chi connectivity index (χ0v) is 14.2. The quantitative estimate of drug-likeness (QED) is 0.846. The third kappa shape index (κ3) is 3.02. The Morgan fingerprint density at radius 3 is 2.43 bits per heavy atom. The number of rotatable bonds is 3. The van der Waals surface area contributed by atoms with Gasteiger partial charge in [0.05, 0.1) is 5.54 Å². The fourth-order valence-electron chi connectivity index (χ4n) is 3.21. The Morgan fingerprint density at radius 1 is 1.13 bits per heavy atom. The Hall–Kier alpha value is -2.13. The smallest absolute Gasteiger partial charge is 0.263 e. The number of amides is 1.